The fraction of sp³-hybridized carbons (Fsp3) is 0.238. The molecule has 28 heavy (non-hydrogen) atoms. The van der Waals surface area contributed by atoms with Gasteiger partial charge < -0.3 is 5.32 Å². The summed E-state index contributed by atoms with van der Waals surface area (Å²) in [7, 11) is 0. The van der Waals surface area contributed by atoms with Gasteiger partial charge in [0.25, 0.3) is 5.91 Å². The van der Waals surface area contributed by atoms with E-state index in [9.17, 15) is 4.79 Å². The summed E-state index contributed by atoms with van der Waals surface area (Å²) in [6.45, 7) is 6.78. The van der Waals surface area contributed by atoms with Gasteiger partial charge in [-0.25, -0.2) is 9.50 Å². The van der Waals surface area contributed by atoms with Gasteiger partial charge in [0, 0.05) is 24.5 Å². The molecule has 142 valence electrons. The fourth-order valence-electron chi connectivity index (χ4n) is 3.13. The average molecular weight is 374 g/mol. The van der Waals surface area contributed by atoms with Crippen molar-refractivity contribution >= 4 is 11.6 Å². The highest BCUT2D eigenvalue weighted by molar-refractivity contribution is 6.00. The molecule has 7 heteroatoms. The third-order valence-corrected chi connectivity index (χ3v) is 4.77. The minimum absolute atomic E-state index is 0.212. The minimum atomic E-state index is -0.220. The molecule has 0 saturated carbocycles. The number of hydrogen-bond acceptors (Lipinski definition) is 4. The summed E-state index contributed by atoms with van der Waals surface area (Å²) < 4.78 is 3.54. The van der Waals surface area contributed by atoms with E-state index in [1.807, 2.05) is 55.9 Å². The van der Waals surface area contributed by atoms with Crippen molar-refractivity contribution in [3.05, 3.63) is 71.8 Å². The lowest BCUT2D eigenvalue weighted by molar-refractivity contribution is 0.0940. The molecule has 0 radical (unpaired) electrons. The summed E-state index contributed by atoms with van der Waals surface area (Å²) in [5.74, 6) is -0.220. The Morgan fingerprint density at radius 3 is 2.68 bits per heavy atom. The number of nitrogens with one attached hydrogen (secondary N) is 1. The molecular weight excluding hydrogens is 352 g/mol. The number of aromatic nitrogens is 5. The number of aryl methyl sites for hydroxylation is 2. The predicted molar refractivity (Wildman–Crippen MR) is 107 cm³/mol. The smallest absolute Gasteiger partial charge is 0.257 e. The van der Waals surface area contributed by atoms with Crippen molar-refractivity contribution in [3.8, 4) is 11.3 Å². The zero-order chi connectivity index (χ0) is 19.7. The molecule has 1 aromatic carbocycles. The summed E-state index contributed by atoms with van der Waals surface area (Å²) in [5, 5.41) is 11.8. The Morgan fingerprint density at radius 2 is 1.96 bits per heavy atom. The molecule has 0 aliphatic carbocycles. The van der Waals surface area contributed by atoms with Gasteiger partial charge in [-0.1, -0.05) is 29.8 Å². The zero-order valence-corrected chi connectivity index (χ0v) is 16.1. The van der Waals surface area contributed by atoms with Crippen LogP contribution in [0.3, 0.4) is 0 Å². The third-order valence-electron chi connectivity index (χ3n) is 4.77. The van der Waals surface area contributed by atoms with Gasteiger partial charge >= 0.3 is 0 Å². The monoisotopic (exact) mass is 374 g/mol. The summed E-state index contributed by atoms with van der Waals surface area (Å²) in [6, 6.07) is 11.8. The van der Waals surface area contributed by atoms with Crippen molar-refractivity contribution in [3.63, 3.8) is 0 Å². The van der Waals surface area contributed by atoms with Crippen LogP contribution in [0.1, 0.15) is 41.5 Å². The van der Waals surface area contributed by atoms with E-state index in [0.29, 0.717) is 11.2 Å². The van der Waals surface area contributed by atoms with Crippen LogP contribution in [-0.2, 0) is 6.54 Å². The Labute approximate surface area is 163 Å². The maximum Gasteiger partial charge on any atom is 0.257 e. The number of rotatable bonds is 5. The maximum atomic E-state index is 12.8. The predicted octanol–water partition coefficient (Wildman–Crippen LogP) is 3.41. The summed E-state index contributed by atoms with van der Waals surface area (Å²) in [5.41, 5.74) is 4.89. The minimum Gasteiger partial charge on any atom is -0.344 e. The summed E-state index contributed by atoms with van der Waals surface area (Å²) >= 11 is 0. The summed E-state index contributed by atoms with van der Waals surface area (Å²) in [4.78, 5) is 17.2. The summed E-state index contributed by atoms with van der Waals surface area (Å²) in [6.07, 6.45) is 5.17. The topological polar surface area (TPSA) is 77.1 Å². The molecule has 4 rings (SSSR count). The Bertz CT molecular complexity index is 1130. The largest absolute Gasteiger partial charge is 0.344 e. The van der Waals surface area contributed by atoms with E-state index < -0.39 is 0 Å². The zero-order valence-electron chi connectivity index (χ0n) is 16.1. The van der Waals surface area contributed by atoms with Gasteiger partial charge in [0.15, 0.2) is 5.65 Å². The molecule has 0 spiro atoms. The molecule has 4 aromatic rings. The van der Waals surface area contributed by atoms with Gasteiger partial charge in [-0.15, -0.1) is 0 Å². The van der Waals surface area contributed by atoms with Crippen LogP contribution in [-0.4, -0.2) is 30.3 Å². The van der Waals surface area contributed by atoms with E-state index >= 15 is 0 Å². The number of carbonyl (C=O) groups excluding carboxylic acids is 1. The van der Waals surface area contributed by atoms with Crippen LogP contribution in [0.15, 0.2) is 55.0 Å². The second kappa shape index (κ2) is 7.26. The maximum absolute atomic E-state index is 12.8. The SMILES string of the molecule is CCn1ccc(C(C)NC(=O)c2cnn3c(-c4ccc(C)cc4)ccnc23)n1. The quantitative estimate of drug-likeness (QED) is 0.581. The first-order valence-electron chi connectivity index (χ1n) is 9.31. The van der Waals surface area contributed by atoms with E-state index in [-0.39, 0.29) is 11.9 Å². The molecule has 1 atom stereocenters. The van der Waals surface area contributed by atoms with Gasteiger partial charge in [-0.05, 0) is 32.9 Å². The number of benzene rings is 1. The molecular formula is C21H22N6O. The molecule has 7 nitrogen and oxygen atoms in total. The lowest BCUT2D eigenvalue weighted by Gasteiger charge is -2.11. The van der Waals surface area contributed by atoms with Crippen molar-refractivity contribution in [1.82, 2.24) is 29.7 Å². The van der Waals surface area contributed by atoms with Crippen LogP contribution in [0.4, 0.5) is 0 Å². The van der Waals surface area contributed by atoms with Gasteiger partial charge in [-0.3, -0.25) is 9.48 Å². The number of carbonyl (C=O) groups is 1. The first-order valence-corrected chi connectivity index (χ1v) is 9.31. The van der Waals surface area contributed by atoms with E-state index in [0.717, 1.165) is 23.5 Å². The van der Waals surface area contributed by atoms with Crippen molar-refractivity contribution in [2.75, 3.05) is 0 Å². The molecule has 3 aromatic heterocycles. The first kappa shape index (κ1) is 17.9. The highest BCUT2D eigenvalue weighted by atomic mass is 16.1. The average Bonchev–Trinajstić information content (AvgIpc) is 3.35. The van der Waals surface area contributed by atoms with Crippen LogP contribution in [0.2, 0.25) is 0 Å². The van der Waals surface area contributed by atoms with Crippen molar-refractivity contribution in [2.24, 2.45) is 0 Å². The van der Waals surface area contributed by atoms with Gasteiger partial charge in [0.2, 0.25) is 0 Å². The van der Waals surface area contributed by atoms with E-state index in [1.165, 1.54) is 5.56 Å². The number of fused-ring (bicyclic) bond motifs is 1. The standard InChI is InChI=1S/C21H22N6O/c1-4-26-12-10-18(25-26)15(3)24-21(28)17-13-23-27-19(9-11-22-20(17)27)16-7-5-14(2)6-8-16/h5-13,15H,4H2,1-3H3,(H,24,28). The van der Waals surface area contributed by atoms with Crippen LogP contribution in [0, 0.1) is 6.92 Å². The third kappa shape index (κ3) is 3.26. The molecule has 3 heterocycles. The fourth-order valence-corrected chi connectivity index (χ4v) is 3.13. The van der Waals surface area contributed by atoms with Gasteiger partial charge in [0.05, 0.1) is 23.6 Å². The van der Waals surface area contributed by atoms with Crippen LogP contribution in [0.25, 0.3) is 16.9 Å². The highest BCUT2D eigenvalue weighted by Crippen LogP contribution is 2.22. The molecule has 1 unspecified atom stereocenters. The number of hydrogen-bond donors (Lipinski definition) is 1. The molecule has 1 amide bonds. The number of nitrogens with zero attached hydrogens (tertiary/aromatic N) is 5. The molecule has 0 saturated heterocycles. The Morgan fingerprint density at radius 1 is 1.18 bits per heavy atom. The van der Waals surface area contributed by atoms with Crippen LogP contribution < -0.4 is 5.32 Å². The molecule has 1 N–H and O–H groups in total. The van der Waals surface area contributed by atoms with E-state index in [2.05, 4.69) is 32.6 Å². The first-order chi connectivity index (χ1) is 13.6. The lowest BCUT2D eigenvalue weighted by Crippen LogP contribution is -2.27. The van der Waals surface area contributed by atoms with E-state index in [4.69, 9.17) is 0 Å². The van der Waals surface area contributed by atoms with Crippen LogP contribution in [0.5, 0.6) is 0 Å². The molecule has 0 bridgehead atoms. The Hall–Kier alpha value is -3.48. The normalized spacial score (nSPS) is 12.2. The molecule has 0 aliphatic heterocycles. The molecule has 0 fully saturated rings. The Balaban J connectivity index is 1.63. The molecule has 0 aliphatic rings. The van der Waals surface area contributed by atoms with Gasteiger partial charge in [-0.2, -0.15) is 10.2 Å². The van der Waals surface area contributed by atoms with Crippen LogP contribution >= 0.6 is 0 Å². The van der Waals surface area contributed by atoms with Crippen molar-refractivity contribution < 1.29 is 4.79 Å². The van der Waals surface area contributed by atoms with Gasteiger partial charge in [0.1, 0.15) is 5.56 Å². The second-order valence-corrected chi connectivity index (χ2v) is 6.78. The number of amides is 1. The lowest BCUT2D eigenvalue weighted by atomic mass is 10.1. The van der Waals surface area contributed by atoms with Crippen molar-refractivity contribution in [2.45, 2.75) is 33.4 Å². The van der Waals surface area contributed by atoms with E-state index in [1.54, 1.807) is 16.9 Å². The second-order valence-electron chi connectivity index (χ2n) is 6.78. The highest BCUT2D eigenvalue weighted by Gasteiger charge is 2.19. The Kier molecular flexibility index (Phi) is 4.65. The van der Waals surface area contributed by atoms with Crippen molar-refractivity contribution in [1.29, 1.82) is 0 Å².